The van der Waals surface area contributed by atoms with E-state index in [1.54, 1.807) is 25.6 Å². The number of imidazole rings is 1. The summed E-state index contributed by atoms with van der Waals surface area (Å²) in [6.45, 7) is 0.594. The maximum atomic E-state index is 15.2. The monoisotopic (exact) mass is 501 g/mol. The molecule has 1 unspecified atom stereocenters. The van der Waals surface area contributed by atoms with Gasteiger partial charge in [-0.25, -0.2) is 18.7 Å². The van der Waals surface area contributed by atoms with Gasteiger partial charge in [-0.2, -0.15) is 9.97 Å². The first-order valence-corrected chi connectivity index (χ1v) is 12.1. The molecule has 8 rings (SSSR count). The average Bonchev–Trinajstić information content (AvgIpc) is 3.63. The largest absolute Gasteiger partial charge is 0.422 e. The quantitative estimate of drug-likeness (QED) is 0.331. The third-order valence-electron chi connectivity index (χ3n) is 7.50. The van der Waals surface area contributed by atoms with Crippen LogP contribution in [0, 0.1) is 17.6 Å². The molecule has 37 heavy (non-hydrogen) atoms. The van der Waals surface area contributed by atoms with Gasteiger partial charge in [0.25, 0.3) is 0 Å². The predicted octanol–water partition coefficient (Wildman–Crippen LogP) is 3.96. The van der Waals surface area contributed by atoms with E-state index in [1.165, 1.54) is 0 Å². The van der Waals surface area contributed by atoms with Gasteiger partial charge >= 0.3 is 6.01 Å². The van der Waals surface area contributed by atoms with Crippen LogP contribution in [-0.2, 0) is 0 Å². The van der Waals surface area contributed by atoms with E-state index in [2.05, 4.69) is 34.8 Å². The molecule has 10 nitrogen and oxygen atoms in total. The molecule has 1 aromatic carbocycles. The van der Waals surface area contributed by atoms with Crippen molar-refractivity contribution in [1.29, 1.82) is 0 Å². The van der Waals surface area contributed by atoms with Crippen molar-refractivity contribution in [2.24, 2.45) is 11.7 Å². The lowest BCUT2D eigenvalue weighted by Gasteiger charge is -2.19. The van der Waals surface area contributed by atoms with Gasteiger partial charge in [0, 0.05) is 49.9 Å². The minimum Gasteiger partial charge on any atom is -0.422 e. The number of aromatic nitrogens is 6. The Morgan fingerprint density at radius 1 is 1.16 bits per heavy atom. The number of rotatable bonds is 5. The number of hydrogen-bond acceptors (Lipinski definition) is 8. The topological polar surface area (TPSA) is 123 Å². The van der Waals surface area contributed by atoms with E-state index >= 15 is 4.39 Å². The molecular weight excluding hydrogens is 480 g/mol. The van der Waals surface area contributed by atoms with Crippen molar-refractivity contribution < 1.29 is 13.5 Å². The van der Waals surface area contributed by atoms with E-state index in [1.807, 2.05) is 11.1 Å². The van der Waals surface area contributed by atoms with Crippen LogP contribution in [0.25, 0.3) is 33.1 Å². The number of nitrogens with zero attached hydrogens (tertiary/aromatic N) is 6. The van der Waals surface area contributed by atoms with Crippen LogP contribution in [0.4, 0.5) is 20.3 Å². The fourth-order valence-corrected chi connectivity index (χ4v) is 5.35. The summed E-state index contributed by atoms with van der Waals surface area (Å²) in [4.78, 5) is 23.2. The first-order valence-electron chi connectivity index (χ1n) is 12.1. The summed E-state index contributed by atoms with van der Waals surface area (Å²) in [5, 5.41) is 3.37. The van der Waals surface area contributed by atoms with Crippen LogP contribution in [0.3, 0.4) is 0 Å². The number of nitrogens with two attached hydrogens (primary N) is 1. The van der Waals surface area contributed by atoms with Crippen molar-refractivity contribution in [2.75, 3.05) is 23.8 Å². The maximum Gasteiger partial charge on any atom is 0.326 e. The summed E-state index contributed by atoms with van der Waals surface area (Å²) in [6, 6.07) is 3.45. The molecule has 5 heterocycles. The van der Waals surface area contributed by atoms with Gasteiger partial charge < -0.3 is 30.2 Å². The molecule has 3 aliphatic rings. The summed E-state index contributed by atoms with van der Waals surface area (Å²) in [7, 11) is 1.65. The Labute approximate surface area is 208 Å². The van der Waals surface area contributed by atoms with Crippen LogP contribution >= 0.6 is 0 Å². The zero-order chi connectivity index (χ0) is 25.0. The van der Waals surface area contributed by atoms with E-state index in [9.17, 15) is 4.39 Å². The molecule has 1 aliphatic heterocycles. The Balaban J connectivity index is 1.29. The van der Waals surface area contributed by atoms with Crippen LogP contribution < -0.4 is 20.7 Å². The molecule has 186 valence electrons. The van der Waals surface area contributed by atoms with Gasteiger partial charge in [0.2, 0.25) is 0 Å². The molecular formula is C25H21F2N9O. The van der Waals surface area contributed by atoms with Crippen molar-refractivity contribution in [2.45, 2.75) is 24.9 Å². The second-order valence-electron chi connectivity index (χ2n) is 9.81. The summed E-state index contributed by atoms with van der Waals surface area (Å²) < 4.78 is 37.8. The van der Waals surface area contributed by atoms with Gasteiger partial charge in [-0.05, 0) is 18.4 Å². The molecule has 5 aromatic rings. The number of benzene rings is 1. The highest BCUT2D eigenvalue weighted by atomic mass is 19.2. The molecule has 2 fully saturated rings. The lowest BCUT2D eigenvalue weighted by atomic mass is 10.1. The Hall–Kier alpha value is -4.32. The molecule has 4 aromatic heterocycles. The molecule has 0 amide bonds. The maximum absolute atomic E-state index is 15.2. The van der Waals surface area contributed by atoms with Crippen LogP contribution in [0.15, 0.2) is 36.4 Å². The Bertz CT molecular complexity index is 1810. The summed E-state index contributed by atoms with van der Waals surface area (Å²) in [6.07, 6.45) is 7.60. The highest BCUT2D eigenvalue weighted by Gasteiger charge is 2.47. The van der Waals surface area contributed by atoms with Gasteiger partial charge in [-0.15, -0.1) is 0 Å². The fourth-order valence-electron chi connectivity index (χ4n) is 5.35. The third kappa shape index (κ3) is 2.99. The highest BCUT2D eigenvalue weighted by molar-refractivity contribution is 6.15. The van der Waals surface area contributed by atoms with Crippen molar-refractivity contribution in [1.82, 2.24) is 29.5 Å². The number of H-pyrrole nitrogens is 1. The van der Waals surface area contributed by atoms with E-state index in [4.69, 9.17) is 10.5 Å². The number of anilines is 2. The SMILES string of the molecule is CNc1cc(F)c(F)c2c1[nH]c1nc(Oc3cnc4c(c3)ncn4C3CC3)nc(N3C=C4C(N)[C@H]4C3)c12. The van der Waals surface area contributed by atoms with E-state index < -0.39 is 11.6 Å². The summed E-state index contributed by atoms with van der Waals surface area (Å²) in [5.41, 5.74) is 9.84. The van der Waals surface area contributed by atoms with E-state index in [0.717, 1.165) is 30.1 Å². The molecule has 0 saturated heterocycles. The lowest BCUT2D eigenvalue weighted by molar-refractivity contribution is 0.443. The van der Waals surface area contributed by atoms with Gasteiger partial charge in [-0.3, -0.25) is 0 Å². The Kier molecular flexibility index (Phi) is 4.01. The average molecular weight is 502 g/mol. The number of fused-ring (bicyclic) bond motifs is 5. The normalized spacial score (nSPS) is 20.6. The van der Waals surface area contributed by atoms with Crippen molar-refractivity contribution in [3.8, 4) is 11.8 Å². The van der Waals surface area contributed by atoms with Crippen molar-refractivity contribution in [3.05, 3.63) is 48.1 Å². The fraction of sp³-hybridized carbons (Fsp3) is 0.280. The minimum atomic E-state index is -0.964. The lowest BCUT2D eigenvalue weighted by Crippen LogP contribution is -2.22. The first kappa shape index (κ1) is 20.8. The zero-order valence-electron chi connectivity index (χ0n) is 19.7. The summed E-state index contributed by atoms with van der Waals surface area (Å²) in [5.74, 6) is -0.862. The third-order valence-corrected chi connectivity index (χ3v) is 7.50. The summed E-state index contributed by atoms with van der Waals surface area (Å²) >= 11 is 0. The van der Waals surface area contributed by atoms with Gasteiger partial charge in [0.05, 0.1) is 34.5 Å². The van der Waals surface area contributed by atoms with Crippen molar-refractivity contribution >= 4 is 44.6 Å². The predicted molar refractivity (Wildman–Crippen MR) is 134 cm³/mol. The molecule has 2 atom stereocenters. The molecule has 0 radical (unpaired) electrons. The molecule has 2 aliphatic carbocycles. The van der Waals surface area contributed by atoms with Crippen LogP contribution in [0.5, 0.6) is 11.8 Å². The van der Waals surface area contributed by atoms with Crippen LogP contribution in [0.2, 0.25) is 0 Å². The van der Waals surface area contributed by atoms with Crippen LogP contribution in [0.1, 0.15) is 18.9 Å². The second kappa shape index (κ2) is 7.13. The Morgan fingerprint density at radius 2 is 2.03 bits per heavy atom. The van der Waals surface area contributed by atoms with E-state index in [-0.39, 0.29) is 23.4 Å². The molecule has 12 heteroatoms. The molecule has 0 bridgehead atoms. The van der Waals surface area contributed by atoms with Crippen LogP contribution in [-0.4, -0.2) is 49.1 Å². The number of aromatic amines is 1. The van der Waals surface area contributed by atoms with Crippen molar-refractivity contribution in [3.63, 3.8) is 0 Å². The number of hydrogen-bond donors (Lipinski definition) is 3. The number of halogens is 2. The van der Waals surface area contributed by atoms with E-state index in [0.29, 0.717) is 51.9 Å². The minimum absolute atomic E-state index is 0.0330. The number of ether oxygens (including phenoxy) is 1. The molecule has 0 spiro atoms. The highest BCUT2D eigenvalue weighted by Crippen LogP contribution is 2.46. The second-order valence-corrected chi connectivity index (χ2v) is 9.81. The van der Waals surface area contributed by atoms with Gasteiger partial charge in [0.1, 0.15) is 17.0 Å². The molecule has 4 N–H and O–H groups in total. The first-order chi connectivity index (χ1) is 18.0. The Morgan fingerprint density at radius 3 is 2.78 bits per heavy atom. The van der Waals surface area contributed by atoms with Gasteiger partial charge in [-0.1, -0.05) is 0 Å². The number of nitrogens with one attached hydrogen (secondary N) is 2. The molecule has 2 saturated carbocycles. The smallest absolute Gasteiger partial charge is 0.326 e. The zero-order valence-corrected chi connectivity index (χ0v) is 19.7. The standard InChI is InChI=1S/C25H21F2N9O/c1-29-15-5-14(26)19(27)17-18-22(32-21(15)17)33-25(34-24(18)35-7-12-13(8-35)20(12)28)37-11-4-16-23(30-6-11)36(9-31-16)10-2-3-10/h4-7,9-10,13,20,29H,2-3,8,28H2,1H3,(H,32,33,34)/t13-,20?/m0/s1. The number of pyridine rings is 1. The van der Waals surface area contributed by atoms with Gasteiger partial charge in [0.15, 0.2) is 23.0 Å².